The van der Waals surface area contributed by atoms with Gasteiger partial charge in [0.05, 0.1) is 6.10 Å². The van der Waals surface area contributed by atoms with Crippen molar-refractivity contribution in [3.63, 3.8) is 0 Å². The predicted molar refractivity (Wildman–Crippen MR) is 75.0 cm³/mol. The Morgan fingerprint density at radius 2 is 1.94 bits per heavy atom. The van der Waals surface area contributed by atoms with Crippen LogP contribution in [0.2, 0.25) is 0 Å². The van der Waals surface area contributed by atoms with E-state index in [2.05, 4.69) is 27.5 Å². The van der Waals surface area contributed by atoms with Crippen molar-refractivity contribution in [3.05, 3.63) is 11.9 Å². The highest BCUT2D eigenvalue weighted by Crippen LogP contribution is 2.22. The van der Waals surface area contributed by atoms with Crippen LogP contribution in [0.5, 0.6) is 0 Å². The standard InChI is InChI=1S/C13H24N4O/c1-5-6-11-12(14-4)15-8-16-13(11)17-9(2)7-10(3)18/h8-10,18H,5-7H2,1-4H3,(H2,14,15,16,17). The summed E-state index contributed by atoms with van der Waals surface area (Å²) in [7, 11) is 1.87. The van der Waals surface area contributed by atoms with Gasteiger partial charge in [-0.05, 0) is 26.7 Å². The first-order valence-electron chi connectivity index (χ1n) is 6.54. The number of hydrogen-bond donors (Lipinski definition) is 3. The van der Waals surface area contributed by atoms with Crippen LogP contribution in [0.15, 0.2) is 6.33 Å². The van der Waals surface area contributed by atoms with E-state index in [1.165, 1.54) is 0 Å². The first-order valence-corrected chi connectivity index (χ1v) is 6.54. The monoisotopic (exact) mass is 252 g/mol. The molecule has 0 aromatic carbocycles. The van der Waals surface area contributed by atoms with Gasteiger partial charge in [0.15, 0.2) is 0 Å². The van der Waals surface area contributed by atoms with Gasteiger partial charge >= 0.3 is 0 Å². The SMILES string of the molecule is CCCc1c(NC)ncnc1NC(C)CC(C)O. The van der Waals surface area contributed by atoms with Crippen molar-refractivity contribution < 1.29 is 5.11 Å². The van der Waals surface area contributed by atoms with Gasteiger partial charge in [-0.2, -0.15) is 0 Å². The number of anilines is 2. The van der Waals surface area contributed by atoms with E-state index < -0.39 is 0 Å². The fraction of sp³-hybridized carbons (Fsp3) is 0.692. The summed E-state index contributed by atoms with van der Waals surface area (Å²) in [5.41, 5.74) is 1.11. The first-order chi connectivity index (χ1) is 8.58. The smallest absolute Gasteiger partial charge is 0.134 e. The molecule has 1 aromatic rings. The summed E-state index contributed by atoms with van der Waals surface area (Å²) in [4.78, 5) is 8.54. The Labute approximate surface area is 109 Å². The van der Waals surface area contributed by atoms with E-state index in [1.54, 1.807) is 13.3 Å². The van der Waals surface area contributed by atoms with Gasteiger partial charge in [-0.3, -0.25) is 0 Å². The molecule has 102 valence electrons. The van der Waals surface area contributed by atoms with Crippen molar-refractivity contribution in [2.45, 2.75) is 52.2 Å². The molecule has 1 rings (SSSR count). The Morgan fingerprint density at radius 1 is 1.28 bits per heavy atom. The number of hydrogen-bond acceptors (Lipinski definition) is 5. The lowest BCUT2D eigenvalue weighted by Gasteiger charge is -2.19. The molecule has 0 amide bonds. The number of aromatic nitrogens is 2. The lowest BCUT2D eigenvalue weighted by molar-refractivity contribution is 0.179. The molecule has 2 atom stereocenters. The third-order valence-corrected chi connectivity index (χ3v) is 2.76. The summed E-state index contributed by atoms with van der Waals surface area (Å²) >= 11 is 0. The van der Waals surface area contributed by atoms with Crippen LogP contribution in [-0.2, 0) is 6.42 Å². The lowest BCUT2D eigenvalue weighted by atomic mass is 10.1. The van der Waals surface area contributed by atoms with E-state index in [0.29, 0.717) is 6.42 Å². The van der Waals surface area contributed by atoms with Crippen molar-refractivity contribution in [1.29, 1.82) is 0 Å². The Kier molecular flexibility index (Phi) is 5.85. The molecule has 0 aliphatic carbocycles. The number of nitrogens with zero attached hydrogens (tertiary/aromatic N) is 2. The summed E-state index contributed by atoms with van der Waals surface area (Å²) in [5, 5.41) is 15.8. The van der Waals surface area contributed by atoms with Gasteiger partial charge in [0.2, 0.25) is 0 Å². The Bertz CT molecular complexity index is 368. The molecule has 5 heteroatoms. The second-order valence-corrected chi connectivity index (χ2v) is 4.68. The molecule has 5 nitrogen and oxygen atoms in total. The molecular formula is C13H24N4O. The minimum Gasteiger partial charge on any atom is -0.393 e. The fourth-order valence-electron chi connectivity index (χ4n) is 2.04. The van der Waals surface area contributed by atoms with Crippen LogP contribution in [0.25, 0.3) is 0 Å². The minimum absolute atomic E-state index is 0.181. The molecule has 0 saturated carbocycles. The molecule has 3 N–H and O–H groups in total. The minimum atomic E-state index is -0.312. The van der Waals surface area contributed by atoms with E-state index in [0.717, 1.165) is 30.0 Å². The van der Waals surface area contributed by atoms with E-state index in [-0.39, 0.29) is 12.1 Å². The number of aliphatic hydroxyl groups is 1. The van der Waals surface area contributed by atoms with Crippen LogP contribution in [0.3, 0.4) is 0 Å². The van der Waals surface area contributed by atoms with Crippen LogP contribution in [0, 0.1) is 0 Å². The Balaban J connectivity index is 2.86. The van der Waals surface area contributed by atoms with E-state index >= 15 is 0 Å². The molecule has 0 spiro atoms. The normalized spacial score (nSPS) is 14.1. The predicted octanol–water partition coefficient (Wildman–Crippen LogP) is 2.04. The average molecular weight is 252 g/mol. The van der Waals surface area contributed by atoms with Crippen molar-refractivity contribution >= 4 is 11.6 Å². The van der Waals surface area contributed by atoms with Gasteiger partial charge in [-0.15, -0.1) is 0 Å². The Morgan fingerprint density at radius 3 is 2.50 bits per heavy atom. The molecule has 0 fully saturated rings. The fourth-order valence-corrected chi connectivity index (χ4v) is 2.04. The topological polar surface area (TPSA) is 70.1 Å². The molecule has 1 heterocycles. The van der Waals surface area contributed by atoms with E-state index in [9.17, 15) is 5.11 Å². The molecular weight excluding hydrogens is 228 g/mol. The summed E-state index contributed by atoms with van der Waals surface area (Å²) < 4.78 is 0. The third-order valence-electron chi connectivity index (χ3n) is 2.76. The summed E-state index contributed by atoms with van der Waals surface area (Å²) in [6.07, 6.45) is 3.92. The van der Waals surface area contributed by atoms with Gasteiger partial charge in [0, 0.05) is 18.7 Å². The van der Waals surface area contributed by atoms with Crippen LogP contribution in [-0.4, -0.2) is 34.3 Å². The summed E-state index contributed by atoms with van der Waals surface area (Å²) in [6, 6.07) is 0.181. The highest BCUT2D eigenvalue weighted by atomic mass is 16.3. The van der Waals surface area contributed by atoms with Crippen molar-refractivity contribution in [3.8, 4) is 0 Å². The zero-order chi connectivity index (χ0) is 13.5. The number of rotatable bonds is 7. The maximum absolute atomic E-state index is 9.39. The van der Waals surface area contributed by atoms with Crippen LogP contribution in [0.1, 0.15) is 39.2 Å². The maximum atomic E-state index is 9.39. The molecule has 2 unspecified atom stereocenters. The van der Waals surface area contributed by atoms with Gasteiger partial charge in [0.25, 0.3) is 0 Å². The molecule has 0 aliphatic rings. The molecule has 0 radical (unpaired) electrons. The van der Waals surface area contributed by atoms with Crippen LogP contribution >= 0.6 is 0 Å². The zero-order valence-electron chi connectivity index (χ0n) is 11.7. The lowest BCUT2D eigenvalue weighted by Crippen LogP contribution is -2.22. The molecule has 1 aromatic heterocycles. The average Bonchev–Trinajstić information content (AvgIpc) is 2.30. The second-order valence-electron chi connectivity index (χ2n) is 4.68. The molecule has 0 bridgehead atoms. The third kappa shape index (κ3) is 4.14. The quantitative estimate of drug-likeness (QED) is 0.693. The van der Waals surface area contributed by atoms with Crippen LogP contribution < -0.4 is 10.6 Å². The summed E-state index contributed by atoms with van der Waals surface area (Å²) in [5.74, 6) is 1.74. The van der Waals surface area contributed by atoms with E-state index in [4.69, 9.17) is 0 Å². The molecule has 18 heavy (non-hydrogen) atoms. The summed E-state index contributed by atoms with van der Waals surface area (Å²) in [6.45, 7) is 5.98. The van der Waals surface area contributed by atoms with Crippen molar-refractivity contribution in [2.75, 3.05) is 17.7 Å². The van der Waals surface area contributed by atoms with Crippen molar-refractivity contribution in [2.24, 2.45) is 0 Å². The zero-order valence-corrected chi connectivity index (χ0v) is 11.7. The largest absolute Gasteiger partial charge is 0.393 e. The highest BCUT2D eigenvalue weighted by molar-refractivity contribution is 5.57. The van der Waals surface area contributed by atoms with Gasteiger partial charge in [-0.25, -0.2) is 9.97 Å². The second kappa shape index (κ2) is 7.16. The maximum Gasteiger partial charge on any atom is 0.134 e. The Hall–Kier alpha value is -1.36. The number of nitrogens with one attached hydrogen (secondary N) is 2. The number of aliphatic hydroxyl groups excluding tert-OH is 1. The van der Waals surface area contributed by atoms with Crippen molar-refractivity contribution in [1.82, 2.24) is 9.97 Å². The first kappa shape index (κ1) is 14.7. The molecule has 0 saturated heterocycles. The molecule has 0 aliphatic heterocycles. The van der Waals surface area contributed by atoms with E-state index in [1.807, 2.05) is 14.0 Å². The highest BCUT2D eigenvalue weighted by Gasteiger charge is 2.13. The van der Waals surface area contributed by atoms with Gasteiger partial charge < -0.3 is 15.7 Å². The van der Waals surface area contributed by atoms with Crippen LogP contribution in [0.4, 0.5) is 11.6 Å². The van der Waals surface area contributed by atoms with Gasteiger partial charge in [0.1, 0.15) is 18.0 Å². The van der Waals surface area contributed by atoms with Gasteiger partial charge in [-0.1, -0.05) is 13.3 Å².